The highest BCUT2D eigenvalue weighted by molar-refractivity contribution is 5.84. The van der Waals surface area contributed by atoms with Gasteiger partial charge in [0.15, 0.2) is 0 Å². The highest BCUT2D eigenvalue weighted by atomic mass is 15.1. The molecule has 0 fully saturated rings. The van der Waals surface area contributed by atoms with Crippen molar-refractivity contribution in [1.29, 1.82) is 0 Å². The highest BCUT2D eigenvalue weighted by Crippen LogP contribution is 2.22. The van der Waals surface area contributed by atoms with Gasteiger partial charge in [-0.2, -0.15) is 0 Å². The van der Waals surface area contributed by atoms with Crippen LogP contribution in [0.25, 0.3) is 0 Å². The van der Waals surface area contributed by atoms with E-state index < -0.39 is 0 Å². The van der Waals surface area contributed by atoms with Crippen molar-refractivity contribution in [3.8, 4) is 0 Å². The zero-order valence-electron chi connectivity index (χ0n) is 21.9. The van der Waals surface area contributed by atoms with Gasteiger partial charge in [-0.3, -0.25) is 9.89 Å². The number of nitrogens with zero attached hydrogens (tertiary/aromatic N) is 2. The van der Waals surface area contributed by atoms with Crippen molar-refractivity contribution >= 4 is 5.71 Å². The minimum Gasteiger partial charge on any atom is -0.299 e. The Morgan fingerprint density at radius 2 is 1.55 bits per heavy atom. The Balaban J connectivity index is 5.52. The first kappa shape index (κ1) is 29.1. The third kappa shape index (κ3) is 11.9. The Hall–Kier alpha value is -1.93. The largest absolute Gasteiger partial charge is 0.299 e. The molecular weight excluding hydrogens is 376 g/mol. The lowest BCUT2D eigenvalue weighted by Crippen LogP contribution is -2.28. The average Bonchev–Trinajstić information content (AvgIpc) is 2.73. The van der Waals surface area contributed by atoms with Crippen molar-refractivity contribution in [2.75, 3.05) is 19.6 Å². The summed E-state index contributed by atoms with van der Waals surface area (Å²) in [5.41, 5.74) is 8.46. The fourth-order valence-corrected chi connectivity index (χ4v) is 3.58. The molecule has 2 heteroatoms. The van der Waals surface area contributed by atoms with Crippen LogP contribution in [0.4, 0.5) is 0 Å². The minimum atomic E-state index is 0.868. The van der Waals surface area contributed by atoms with Gasteiger partial charge in [0.1, 0.15) is 0 Å². The van der Waals surface area contributed by atoms with Gasteiger partial charge >= 0.3 is 0 Å². The van der Waals surface area contributed by atoms with Crippen LogP contribution in [0.1, 0.15) is 88.0 Å². The van der Waals surface area contributed by atoms with Crippen LogP contribution in [0, 0.1) is 0 Å². The second-order valence-corrected chi connectivity index (χ2v) is 8.47. The summed E-state index contributed by atoms with van der Waals surface area (Å²) < 4.78 is 0. The van der Waals surface area contributed by atoms with E-state index in [-0.39, 0.29) is 0 Å². The minimum absolute atomic E-state index is 0.868. The molecular formula is C29H48N2. The highest BCUT2D eigenvalue weighted by Gasteiger charge is 2.10. The first-order chi connectivity index (χ1) is 14.7. The maximum atomic E-state index is 4.91. The molecule has 0 saturated heterocycles. The molecule has 0 bridgehead atoms. The van der Waals surface area contributed by atoms with E-state index >= 15 is 0 Å². The third-order valence-corrected chi connectivity index (χ3v) is 5.29. The summed E-state index contributed by atoms with van der Waals surface area (Å²) >= 11 is 0. The van der Waals surface area contributed by atoms with Gasteiger partial charge in [0.05, 0.1) is 5.70 Å². The summed E-state index contributed by atoms with van der Waals surface area (Å²) in [4.78, 5) is 7.42. The Morgan fingerprint density at radius 3 is 2.00 bits per heavy atom. The van der Waals surface area contributed by atoms with E-state index in [1.807, 2.05) is 0 Å². The van der Waals surface area contributed by atoms with Crippen LogP contribution in [-0.4, -0.2) is 30.2 Å². The molecule has 0 rings (SSSR count). The van der Waals surface area contributed by atoms with Crippen molar-refractivity contribution in [2.45, 2.75) is 88.0 Å². The zero-order chi connectivity index (χ0) is 23.8. The molecule has 174 valence electrons. The van der Waals surface area contributed by atoms with Crippen molar-refractivity contribution < 1.29 is 0 Å². The van der Waals surface area contributed by atoms with Crippen molar-refractivity contribution in [3.05, 3.63) is 70.5 Å². The lowest BCUT2D eigenvalue weighted by Gasteiger charge is -2.23. The number of aliphatic imine (C=N–C) groups is 1. The monoisotopic (exact) mass is 424 g/mol. The number of rotatable bonds is 14. The van der Waals surface area contributed by atoms with Crippen LogP contribution >= 0.6 is 0 Å². The molecule has 0 spiro atoms. The Labute approximate surface area is 193 Å². The molecule has 0 radical (unpaired) electrons. The smallest absolute Gasteiger partial charge is 0.0615 e. The van der Waals surface area contributed by atoms with Crippen LogP contribution in [0.5, 0.6) is 0 Å². The molecule has 0 aliphatic carbocycles. The summed E-state index contributed by atoms with van der Waals surface area (Å²) in [5.74, 6) is 0. The molecule has 0 aliphatic heterocycles. The van der Waals surface area contributed by atoms with E-state index in [1.54, 1.807) is 0 Å². The first-order valence-electron chi connectivity index (χ1n) is 12.0. The normalized spacial score (nSPS) is 14.0. The molecule has 0 aromatic carbocycles. The van der Waals surface area contributed by atoms with Crippen molar-refractivity contribution in [3.63, 3.8) is 0 Å². The molecule has 0 heterocycles. The fraction of sp³-hybridized carbons (Fsp3) is 0.552. The Bertz CT molecular complexity index is 729. The van der Waals surface area contributed by atoms with Gasteiger partial charge in [0.2, 0.25) is 0 Å². The summed E-state index contributed by atoms with van der Waals surface area (Å²) in [6, 6.07) is 0. The predicted octanol–water partition coefficient (Wildman–Crippen LogP) is 8.61. The van der Waals surface area contributed by atoms with Crippen LogP contribution in [0.2, 0.25) is 0 Å². The standard InChI is InChI=1S/C29H48N2/c1-11-19-31(20-12-2)22-25(9)28(23(6)7)21-24(8)29(15-5)30-26(10)17-16-18-27(13-3)14-4/h13,15-16,18,21H,9,11-12,14,17,19-20,22H2,1-8,10H3/b18-16-,24-21+,27-13-,29-15-,30-26?. The number of hydrogen-bond donors (Lipinski definition) is 0. The van der Waals surface area contributed by atoms with Gasteiger partial charge in [-0.1, -0.05) is 62.8 Å². The van der Waals surface area contributed by atoms with Gasteiger partial charge in [0.25, 0.3) is 0 Å². The van der Waals surface area contributed by atoms with Gasteiger partial charge in [0, 0.05) is 18.7 Å². The van der Waals surface area contributed by atoms with E-state index in [0.717, 1.165) is 43.9 Å². The average molecular weight is 425 g/mol. The molecule has 0 N–H and O–H groups in total. The summed E-state index contributed by atoms with van der Waals surface area (Å²) in [7, 11) is 0. The summed E-state index contributed by atoms with van der Waals surface area (Å²) in [5, 5.41) is 0. The summed E-state index contributed by atoms with van der Waals surface area (Å²) in [6.07, 6.45) is 15.2. The predicted molar refractivity (Wildman–Crippen MR) is 143 cm³/mol. The van der Waals surface area contributed by atoms with Gasteiger partial charge in [-0.15, -0.1) is 0 Å². The maximum absolute atomic E-state index is 4.91. The van der Waals surface area contributed by atoms with Gasteiger partial charge in [-0.05, 0) is 96.7 Å². The van der Waals surface area contributed by atoms with Crippen LogP contribution < -0.4 is 0 Å². The Kier molecular flexibility index (Phi) is 15.7. The molecule has 0 aromatic rings. The molecule has 0 aromatic heterocycles. The van der Waals surface area contributed by atoms with E-state index in [0.29, 0.717) is 0 Å². The van der Waals surface area contributed by atoms with E-state index in [2.05, 4.69) is 104 Å². The van der Waals surface area contributed by atoms with Gasteiger partial charge in [-0.25, -0.2) is 0 Å². The maximum Gasteiger partial charge on any atom is 0.0615 e. The third-order valence-electron chi connectivity index (χ3n) is 5.29. The molecule has 0 amide bonds. The van der Waals surface area contributed by atoms with Crippen molar-refractivity contribution in [2.24, 2.45) is 4.99 Å². The Morgan fingerprint density at radius 1 is 0.935 bits per heavy atom. The van der Waals surface area contributed by atoms with Gasteiger partial charge < -0.3 is 0 Å². The number of allylic oxidation sites excluding steroid dienone is 8. The number of hydrogen-bond acceptors (Lipinski definition) is 2. The second kappa shape index (κ2) is 16.7. The molecule has 2 nitrogen and oxygen atoms in total. The van der Waals surface area contributed by atoms with Crippen LogP contribution in [-0.2, 0) is 0 Å². The van der Waals surface area contributed by atoms with E-state index in [9.17, 15) is 0 Å². The molecule has 31 heavy (non-hydrogen) atoms. The van der Waals surface area contributed by atoms with Crippen molar-refractivity contribution in [1.82, 2.24) is 4.90 Å². The molecule has 0 saturated carbocycles. The SMILES string of the molecule is C=C(CN(CCC)CCC)C(/C=C(C)/C(=C/C)N=C(C)C/C=C\C(=C/C)CC)=C(C)C. The summed E-state index contributed by atoms with van der Waals surface area (Å²) in [6.45, 7) is 27.0. The van der Waals surface area contributed by atoms with Crippen LogP contribution in [0.3, 0.4) is 0 Å². The fourth-order valence-electron chi connectivity index (χ4n) is 3.58. The van der Waals surface area contributed by atoms with E-state index in [1.165, 1.54) is 40.7 Å². The lowest BCUT2D eigenvalue weighted by atomic mass is 9.98. The second-order valence-electron chi connectivity index (χ2n) is 8.47. The molecule has 0 aliphatic rings. The topological polar surface area (TPSA) is 15.6 Å². The van der Waals surface area contributed by atoms with E-state index in [4.69, 9.17) is 4.99 Å². The lowest BCUT2D eigenvalue weighted by molar-refractivity contribution is 0.299. The van der Waals surface area contributed by atoms with Crippen LogP contribution in [0.15, 0.2) is 75.5 Å². The quantitative estimate of drug-likeness (QED) is 0.201. The first-order valence-corrected chi connectivity index (χ1v) is 12.0. The zero-order valence-corrected chi connectivity index (χ0v) is 21.9. The molecule has 0 unspecified atom stereocenters. The molecule has 0 atom stereocenters.